The van der Waals surface area contributed by atoms with Crippen molar-refractivity contribution in [3.8, 4) is 0 Å². The van der Waals surface area contributed by atoms with Crippen molar-refractivity contribution in [2.45, 2.75) is 26.2 Å². The minimum atomic E-state index is -0.886. The van der Waals surface area contributed by atoms with Crippen molar-refractivity contribution in [2.24, 2.45) is 0 Å². The fourth-order valence-corrected chi connectivity index (χ4v) is 3.36. The lowest BCUT2D eigenvalue weighted by atomic mass is 9.96. The van der Waals surface area contributed by atoms with E-state index >= 15 is 0 Å². The first-order valence-corrected chi connectivity index (χ1v) is 10.9. The van der Waals surface area contributed by atoms with Gasteiger partial charge in [-0.25, -0.2) is 9.78 Å². The maximum Gasteiger partial charge on any atom is 0.320 e. The Balaban J connectivity index is 1.84. The maximum absolute atomic E-state index is 13.1. The largest absolute Gasteiger partial charge is 0.481 e. The molecule has 3 amide bonds. The zero-order chi connectivity index (χ0) is 24.5. The molecular weight excluding hydrogens is 434 g/mol. The molecule has 2 aromatic carbocycles. The number of aliphatic carboxylic acids is 1. The number of carboxylic acids is 1. The van der Waals surface area contributed by atoms with Gasteiger partial charge in [0.1, 0.15) is 5.82 Å². The van der Waals surface area contributed by atoms with Crippen LogP contribution in [0.2, 0.25) is 0 Å². The fourth-order valence-electron chi connectivity index (χ4n) is 3.36. The molecule has 1 aromatic heterocycles. The molecule has 176 valence electrons. The fraction of sp³-hybridized carbons (Fsp3) is 0.200. The molecule has 3 rings (SSSR count). The molecule has 0 spiro atoms. The quantitative estimate of drug-likeness (QED) is 0.311. The molecule has 0 aliphatic rings. The van der Waals surface area contributed by atoms with E-state index in [1.54, 1.807) is 37.3 Å². The molecule has 0 aliphatic heterocycles. The van der Waals surface area contributed by atoms with Crippen molar-refractivity contribution in [3.05, 3.63) is 78.0 Å². The third-order valence-corrected chi connectivity index (χ3v) is 5.06. The summed E-state index contributed by atoms with van der Waals surface area (Å²) in [5.74, 6) is -1.61. The van der Waals surface area contributed by atoms with Gasteiger partial charge in [0, 0.05) is 30.2 Å². The Hall–Kier alpha value is -4.40. The number of pyridine rings is 1. The number of carboxylic acid groups (broad SMARTS) is 1. The van der Waals surface area contributed by atoms with Gasteiger partial charge in [-0.3, -0.25) is 14.9 Å². The first-order chi connectivity index (χ1) is 16.4. The summed E-state index contributed by atoms with van der Waals surface area (Å²) in [6, 6.07) is 17.2. The number of nitrogens with one attached hydrogen (secondary N) is 4. The molecule has 0 fully saturated rings. The van der Waals surface area contributed by atoms with Gasteiger partial charge in [0.2, 0.25) is 0 Å². The van der Waals surface area contributed by atoms with Gasteiger partial charge in [0.05, 0.1) is 17.2 Å². The number of nitrogens with zero attached hydrogens (tertiary/aromatic N) is 1. The van der Waals surface area contributed by atoms with Gasteiger partial charge in [0.25, 0.3) is 5.91 Å². The van der Waals surface area contributed by atoms with Gasteiger partial charge in [-0.1, -0.05) is 37.3 Å². The lowest BCUT2D eigenvalue weighted by Gasteiger charge is -2.15. The van der Waals surface area contributed by atoms with E-state index < -0.39 is 23.8 Å². The second-order valence-corrected chi connectivity index (χ2v) is 7.47. The summed E-state index contributed by atoms with van der Waals surface area (Å²) in [5, 5.41) is 20.6. The van der Waals surface area contributed by atoms with Crippen LogP contribution < -0.4 is 21.3 Å². The SMILES string of the molecule is CCNC(=O)Nc1cc(Nc2ccccc2)c(C(=O)Nc2ccc(C(CC)C(=O)O)cc2)cn1. The van der Waals surface area contributed by atoms with Gasteiger partial charge < -0.3 is 21.1 Å². The number of hydrogen-bond donors (Lipinski definition) is 5. The first kappa shape index (κ1) is 24.2. The van der Waals surface area contributed by atoms with Crippen LogP contribution in [0.25, 0.3) is 0 Å². The average molecular weight is 462 g/mol. The Morgan fingerprint density at radius 3 is 2.26 bits per heavy atom. The average Bonchev–Trinajstić information content (AvgIpc) is 2.81. The normalized spacial score (nSPS) is 11.2. The second kappa shape index (κ2) is 11.5. The molecule has 1 heterocycles. The molecule has 1 atom stereocenters. The molecule has 0 saturated heterocycles. The molecule has 34 heavy (non-hydrogen) atoms. The summed E-state index contributed by atoms with van der Waals surface area (Å²) in [7, 11) is 0. The lowest BCUT2D eigenvalue weighted by molar-refractivity contribution is -0.138. The third-order valence-electron chi connectivity index (χ3n) is 5.06. The van der Waals surface area contributed by atoms with Crippen LogP contribution in [0, 0.1) is 0 Å². The van der Waals surface area contributed by atoms with Crippen molar-refractivity contribution in [2.75, 3.05) is 22.5 Å². The van der Waals surface area contributed by atoms with Crippen LogP contribution in [0.15, 0.2) is 66.9 Å². The Bertz CT molecular complexity index is 1150. The van der Waals surface area contributed by atoms with E-state index in [9.17, 15) is 19.5 Å². The highest BCUT2D eigenvalue weighted by Crippen LogP contribution is 2.25. The van der Waals surface area contributed by atoms with E-state index in [0.29, 0.717) is 29.9 Å². The molecule has 0 saturated carbocycles. The van der Waals surface area contributed by atoms with E-state index in [-0.39, 0.29) is 11.4 Å². The third kappa shape index (κ3) is 6.32. The molecule has 1 unspecified atom stereocenters. The number of benzene rings is 2. The van der Waals surface area contributed by atoms with Crippen molar-refractivity contribution < 1.29 is 19.5 Å². The number of urea groups is 1. The van der Waals surface area contributed by atoms with Gasteiger partial charge in [-0.2, -0.15) is 0 Å². The van der Waals surface area contributed by atoms with Crippen molar-refractivity contribution in [3.63, 3.8) is 0 Å². The van der Waals surface area contributed by atoms with Crippen molar-refractivity contribution >= 4 is 40.8 Å². The summed E-state index contributed by atoms with van der Waals surface area (Å²) < 4.78 is 0. The van der Waals surface area contributed by atoms with Crippen LogP contribution in [0.5, 0.6) is 0 Å². The Morgan fingerprint density at radius 2 is 1.65 bits per heavy atom. The van der Waals surface area contributed by atoms with Gasteiger partial charge in [-0.05, 0) is 43.2 Å². The molecule has 9 heteroatoms. The number of para-hydroxylation sites is 1. The number of rotatable bonds is 9. The Kier molecular flexibility index (Phi) is 8.17. The smallest absolute Gasteiger partial charge is 0.320 e. The van der Waals surface area contributed by atoms with Crippen LogP contribution in [0.4, 0.5) is 27.7 Å². The minimum Gasteiger partial charge on any atom is -0.481 e. The molecule has 9 nitrogen and oxygen atoms in total. The Labute approximate surface area is 197 Å². The molecule has 5 N–H and O–H groups in total. The summed E-state index contributed by atoms with van der Waals surface area (Å²) in [6.45, 7) is 4.08. The zero-order valence-electron chi connectivity index (χ0n) is 19.0. The predicted octanol–water partition coefficient (Wildman–Crippen LogP) is 4.80. The summed E-state index contributed by atoms with van der Waals surface area (Å²) in [4.78, 5) is 40.5. The van der Waals surface area contributed by atoms with Crippen LogP contribution >= 0.6 is 0 Å². The zero-order valence-corrected chi connectivity index (χ0v) is 19.0. The highest BCUT2D eigenvalue weighted by atomic mass is 16.4. The van der Waals surface area contributed by atoms with Crippen molar-refractivity contribution in [1.29, 1.82) is 0 Å². The molecule has 3 aromatic rings. The van der Waals surface area contributed by atoms with E-state index in [1.165, 1.54) is 6.20 Å². The monoisotopic (exact) mass is 461 g/mol. The molecule has 0 radical (unpaired) electrons. The molecular formula is C25H27N5O4. The van der Waals surface area contributed by atoms with Crippen LogP contribution in [-0.2, 0) is 4.79 Å². The van der Waals surface area contributed by atoms with Gasteiger partial charge >= 0.3 is 12.0 Å². The van der Waals surface area contributed by atoms with E-state index in [0.717, 1.165) is 5.69 Å². The van der Waals surface area contributed by atoms with Gasteiger partial charge in [0.15, 0.2) is 0 Å². The standard InChI is InChI=1S/C25H27N5O4/c1-3-19(24(32)33)16-10-12-18(13-11-16)29-23(31)20-15-27-22(30-25(34)26-4-2)14-21(20)28-17-8-6-5-7-9-17/h5-15,19H,3-4H2,1-2H3,(H,29,31)(H,32,33)(H3,26,27,28,30,34). The minimum absolute atomic E-state index is 0.270. The predicted molar refractivity (Wildman–Crippen MR) is 132 cm³/mol. The lowest BCUT2D eigenvalue weighted by Crippen LogP contribution is -2.28. The summed E-state index contributed by atoms with van der Waals surface area (Å²) in [5.41, 5.74) is 2.67. The number of anilines is 4. The van der Waals surface area contributed by atoms with E-state index in [2.05, 4.69) is 26.3 Å². The number of carbonyl (C=O) groups excluding carboxylic acids is 2. The van der Waals surface area contributed by atoms with Crippen LogP contribution in [0.3, 0.4) is 0 Å². The van der Waals surface area contributed by atoms with Crippen molar-refractivity contribution in [1.82, 2.24) is 10.3 Å². The topological polar surface area (TPSA) is 132 Å². The highest BCUT2D eigenvalue weighted by Gasteiger charge is 2.18. The molecule has 0 bridgehead atoms. The molecule has 0 aliphatic carbocycles. The Morgan fingerprint density at radius 1 is 0.941 bits per heavy atom. The highest BCUT2D eigenvalue weighted by molar-refractivity contribution is 6.08. The summed E-state index contributed by atoms with van der Waals surface area (Å²) >= 11 is 0. The number of amides is 3. The van der Waals surface area contributed by atoms with Crippen LogP contribution in [-0.4, -0.2) is 34.5 Å². The second-order valence-electron chi connectivity index (χ2n) is 7.47. The van der Waals surface area contributed by atoms with Gasteiger partial charge in [-0.15, -0.1) is 0 Å². The summed E-state index contributed by atoms with van der Waals surface area (Å²) in [6.07, 6.45) is 1.85. The van der Waals surface area contributed by atoms with E-state index in [1.807, 2.05) is 37.3 Å². The number of carbonyl (C=O) groups is 3. The number of hydrogen-bond acceptors (Lipinski definition) is 5. The first-order valence-electron chi connectivity index (χ1n) is 10.9. The maximum atomic E-state index is 13.1. The van der Waals surface area contributed by atoms with E-state index in [4.69, 9.17) is 0 Å². The number of aromatic nitrogens is 1. The van der Waals surface area contributed by atoms with Crippen LogP contribution in [0.1, 0.15) is 42.1 Å².